The van der Waals surface area contributed by atoms with Gasteiger partial charge in [0, 0.05) is 18.3 Å². The predicted octanol–water partition coefficient (Wildman–Crippen LogP) is 4.96. The van der Waals surface area contributed by atoms with E-state index in [9.17, 15) is 30.0 Å². The summed E-state index contributed by atoms with van der Waals surface area (Å²) in [6.45, 7) is 14.7. The summed E-state index contributed by atoms with van der Waals surface area (Å²) in [5.74, 6) is -1.50. The van der Waals surface area contributed by atoms with Crippen LogP contribution in [0.5, 0.6) is 0 Å². The summed E-state index contributed by atoms with van der Waals surface area (Å²) in [4.78, 5) is 27.3. The van der Waals surface area contributed by atoms with Crippen molar-refractivity contribution in [3.05, 3.63) is 0 Å². The molecule has 1 aliphatic heterocycles. The molecule has 45 heavy (non-hydrogen) atoms. The maximum atomic E-state index is 13.6. The van der Waals surface area contributed by atoms with Crippen LogP contribution in [0, 0.1) is 44.8 Å². The number of esters is 1. The molecule has 5 N–H and O–H groups in total. The second-order valence-electron chi connectivity index (χ2n) is 17.9. The lowest BCUT2D eigenvalue weighted by Gasteiger charge is -2.64. The Kier molecular flexibility index (Phi) is 7.92. The minimum Gasteiger partial charge on any atom is -0.481 e. The highest BCUT2D eigenvalue weighted by atomic mass is 35.5. The van der Waals surface area contributed by atoms with Gasteiger partial charge in [-0.2, -0.15) is 0 Å². The monoisotopic (exact) mass is 653 g/mol. The van der Waals surface area contributed by atoms with Crippen LogP contribution in [-0.4, -0.2) is 74.0 Å². The summed E-state index contributed by atoms with van der Waals surface area (Å²) < 4.78 is 13.1. The Morgan fingerprint density at radius 3 is 2.29 bits per heavy atom. The van der Waals surface area contributed by atoms with Gasteiger partial charge >= 0.3 is 11.9 Å². The normalized spacial score (nSPS) is 50.5. The number of fused-ring (bicyclic) bond motifs is 2. The summed E-state index contributed by atoms with van der Waals surface area (Å²) in [6, 6.07) is -0.950. The molecule has 256 valence electrons. The van der Waals surface area contributed by atoms with Crippen molar-refractivity contribution < 1.29 is 39.5 Å². The molecule has 2 spiro atoms. The van der Waals surface area contributed by atoms with Crippen LogP contribution < -0.4 is 4.84 Å². The van der Waals surface area contributed by atoms with Gasteiger partial charge in [-0.25, -0.2) is 4.84 Å². The number of hydrogen-bond acceptors (Lipinski definition) is 8. The van der Waals surface area contributed by atoms with E-state index in [2.05, 4.69) is 39.5 Å². The molecule has 13 atom stereocenters. The molecule has 0 aromatic rings. The smallest absolute Gasteiger partial charge is 0.324 e. The molecule has 10 heteroatoms. The van der Waals surface area contributed by atoms with Crippen LogP contribution in [0.1, 0.15) is 119 Å². The molecule has 0 aromatic carbocycles. The number of aliphatic carboxylic acids is 1. The number of hydrogen-bond donors (Lipinski definition) is 5. The van der Waals surface area contributed by atoms with E-state index in [0.717, 1.165) is 38.5 Å². The van der Waals surface area contributed by atoms with Crippen LogP contribution in [0.2, 0.25) is 0 Å². The zero-order valence-corrected chi connectivity index (χ0v) is 29.0. The molecule has 5 saturated carbocycles. The van der Waals surface area contributed by atoms with Crippen molar-refractivity contribution in [2.24, 2.45) is 44.8 Å². The maximum absolute atomic E-state index is 13.6. The SMILES string of the molecule is CC(C)(O)[C@@H]1CC[C@](C)([C@H]2[C@@H](O)C[C@@]3(C)C4C[C@H](OC(=O)[C@H](CCC(=O)O)NCl)[C@H]5C(C)(C)[C@@H](O)CC[C@@]56CC46CC[C@]23C)O1. The number of aliphatic hydroxyl groups is 3. The fourth-order valence-corrected chi connectivity index (χ4v) is 13.1. The van der Waals surface area contributed by atoms with E-state index in [-0.39, 0.29) is 58.4 Å². The van der Waals surface area contributed by atoms with Crippen molar-refractivity contribution in [2.75, 3.05) is 0 Å². The molecule has 1 heterocycles. The Morgan fingerprint density at radius 1 is 1.00 bits per heavy atom. The lowest BCUT2D eigenvalue weighted by Crippen LogP contribution is -2.63. The molecule has 0 aromatic heterocycles. The van der Waals surface area contributed by atoms with E-state index in [1.165, 1.54) is 0 Å². The summed E-state index contributed by atoms with van der Waals surface area (Å²) >= 11 is 5.95. The van der Waals surface area contributed by atoms with Crippen molar-refractivity contribution in [3.8, 4) is 0 Å². The zero-order valence-electron chi connectivity index (χ0n) is 28.2. The number of aliphatic hydroxyl groups excluding tert-OH is 2. The van der Waals surface area contributed by atoms with E-state index in [1.807, 2.05) is 0 Å². The minimum absolute atomic E-state index is 0.0213. The first kappa shape index (κ1) is 33.9. The molecular formula is C35H56ClNO8. The van der Waals surface area contributed by atoms with E-state index < -0.39 is 52.9 Å². The highest BCUT2D eigenvalue weighted by Gasteiger charge is 2.85. The number of carboxylic acid groups (broad SMARTS) is 1. The average molecular weight is 654 g/mol. The number of carboxylic acids is 1. The third-order valence-corrected chi connectivity index (χ3v) is 15.3. The van der Waals surface area contributed by atoms with Crippen LogP contribution in [0.4, 0.5) is 0 Å². The quantitative estimate of drug-likeness (QED) is 0.181. The van der Waals surface area contributed by atoms with Gasteiger partial charge < -0.3 is 29.9 Å². The first-order chi connectivity index (χ1) is 20.7. The molecule has 0 radical (unpaired) electrons. The van der Waals surface area contributed by atoms with Crippen molar-refractivity contribution in [2.45, 2.75) is 161 Å². The Labute approximate surface area is 273 Å². The van der Waals surface area contributed by atoms with Crippen molar-refractivity contribution in [1.82, 2.24) is 4.84 Å². The van der Waals surface area contributed by atoms with Crippen molar-refractivity contribution >= 4 is 23.7 Å². The number of rotatable bonds is 8. The first-order valence-electron chi connectivity index (χ1n) is 17.3. The fourth-order valence-electron chi connectivity index (χ4n) is 12.9. The lowest BCUT2D eigenvalue weighted by molar-refractivity contribution is -0.221. The highest BCUT2D eigenvalue weighted by Crippen LogP contribution is 2.89. The second kappa shape index (κ2) is 10.5. The molecule has 6 aliphatic rings. The predicted molar refractivity (Wildman–Crippen MR) is 168 cm³/mol. The van der Waals surface area contributed by atoms with Gasteiger partial charge in [0.05, 0.1) is 29.5 Å². The van der Waals surface area contributed by atoms with Gasteiger partial charge in [0.2, 0.25) is 0 Å². The van der Waals surface area contributed by atoms with E-state index in [1.54, 1.807) is 13.8 Å². The third kappa shape index (κ3) is 4.63. The van der Waals surface area contributed by atoms with Gasteiger partial charge in [0.1, 0.15) is 12.1 Å². The largest absolute Gasteiger partial charge is 0.481 e. The van der Waals surface area contributed by atoms with Gasteiger partial charge in [-0.3, -0.25) is 9.59 Å². The van der Waals surface area contributed by atoms with E-state index in [0.29, 0.717) is 19.3 Å². The first-order valence-corrected chi connectivity index (χ1v) is 17.6. The van der Waals surface area contributed by atoms with Crippen LogP contribution >= 0.6 is 11.8 Å². The fraction of sp³-hybridized carbons (Fsp3) is 0.943. The van der Waals surface area contributed by atoms with Gasteiger partial charge in [-0.1, -0.05) is 27.7 Å². The van der Waals surface area contributed by atoms with Gasteiger partial charge in [-0.15, -0.1) is 0 Å². The number of halogens is 1. The number of nitrogens with one attached hydrogen (secondary N) is 1. The maximum Gasteiger partial charge on any atom is 0.324 e. The molecule has 5 aliphatic carbocycles. The molecule has 2 unspecified atom stereocenters. The summed E-state index contributed by atoms with van der Waals surface area (Å²) in [5.41, 5.74) is -2.49. The van der Waals surface area contributed by atoms with Crippen LogP contribution in [0.25, 0.3) is 0 Å². The summed E-state index contributed by atoms with van der Waals surface area (Å²) in [7, 11) is 0. The molecule has 9 nitrogen and oxygen atoms in total. The van der Waals surface area contributed by atoms with Gasteiger partial charge in [-0.05, 0) is 130 Å². The number of carbonyl (C=O) groups is 2. The topological polar surface area (TPSA) is 146 Å². The zero-order chi connectivity index (χ0) is 33.2. The van der Waals surface area contributed by atoms with Crippen LogP contribution in [-0.2, 0) is 19.1 Å². The Bertz CT molecular complexity index is 1220. The molecule has 0 amide bonds. The average Bonchev–Trinajstić information content (AvgIpc) is 3.29. The molecule has 1 saturated heterocycles. The summed E-state index contributed by atoms with van der Waals surface area (Å²) in [6.07, 6.45) is 5.46. The summed E-state index contributed by atoms with van der Waals surface area (Å²) in [5, 5.41) is 43.3. The van der Waals surface area contributed by atoms with Gasteiger partial charge in [0.15, 0.2) is 0 Å². The van der Waals surface area contributed by atoms with Crippen LogP contribution in [0.3, 0.4) is 0 Å². The third-order valence-electron chi connectivity index (χ3n) is 15.1. The standard InChI is InChI=1S/C35H56ClNO8/c1-29(2)23(39)10-13-35-18-34(35)15-14-31(5)26(33(7)12-11-24(45-33)30(3,4)43)20(38)17-32(31,6)22(34)16-21(27(29)35)44-28(42)19(37-36)8-9-25(40)41/h19-24,26-27,37-39,43H,8-18H2,1-7H3,(H,40,41)/t19-,20-,21-,22?,23-,24-,26-,27-,31+,32-,33+,34?,35+/m0/s1. The lowest BCUT2D eigenvalue weighted by atomic mass is 9.41. The molecule has 0 bridgehead atoms. The number of ether oxygens (including phenoxy) is 2. The van der Waals surface area contributed by atoms with Crippen LogP contribution in [0.15, 0.2) is 0 Å². The van der Waals surface area contributed by atoms with Crippen molar-refractivity contribution in [1.29, 1.82) is 0 Å². The number of carbonyl (C=O) groups excluding carboxylic acids is 1. The van der Waals surface area contributed by atoms with E-state index >= 15 is 0 Å². The highest BCUT2D eigenvalue weighted by molar-refractivity contribution is 6.14. The second-order valence-corrected chi connectivity index (χ2v) is 18.1. The molecule has 6 fully saturated rings. The molecule has 6 rings (SSSR count). The minimum atomic E-state index is -1.01. The Hall–Kier alpha value is -0.970. The van der Waals surface area contributed by atoms with E-state index in [4.69, 9.17) is 21.3 Å². The van der Waals surface area contributed by atoms with Crippen molar-refractivity contribution in [3.63, 3.8) is 0 Å². The Balaban J connectivity index is 1.36. The Morgan fingerprint density at radius 2 is 1.69 bits per heavy atom. The molecular weight excluding hydrogens is 598 g/mol. The van der Waals surface area contributed by atoms with Gasteiger partial charge in [0.25, 0.3) is 0 Å².